The van der Waals surface area contributed by atoms with E-state index < -0.39 is 12.4 Å². The van der Waals surface area contributed by atoms with E-state index in [1.807, 2.05) is 0 Å². The third-order valence-corrected chi connectivity index (χ3v) is 1.78. The molecule has 0 radical (unpaired) electrons. The Labute approximate surface area is 78.1 Å². The number of aryl methyl sites for hydroxylation is 1. The maximum atomic E-state index is 12.1. The van der Waals surface area contributed by atoms with Crippen LogP contribution >= 0.6 is 0 Å². The van der Waals surface area contributed by atoms with E-state index in [-0.39, 0.29) is 22.5 Å². The average Bonchev–Trinajstić information content (AvgIpc) is 2.45. The second-order valence-electron chi connectivity index (χ2n) is 2.83. The fourth-order valence-corrected chi connectivity index (χ4v) is 1.06. The van der Waals surface area contributed by atoms with Gasteiger partial charge in [0, 0.05) is 18.3 Å². The van der Waals surface area contributed by atoms with Crippen LogP contribution in [0.15, 0.2) is 6.20 Å². The topological polar surface area (TPSA) is 64.1 Å². The minimum absolute atomic E-state index is 0.102. The van der Waals surface area contributed by atoms with Gasteiger partial charge >= 0.3 is 6.30 Å². The van der Waals surface area contributed by atoms with Crippen molar-refractivity contribution in [3.8, 4) is 0 Å². The van der Waals surface area contributed by atoms with Crippen LogP contribution in [0.25, 0.3) is 0 Å². The smallest absolute Gasteiger partial charge is 0.387 e. The standard InChI is InChI=1S/C7H10F3N3O/c1-4-5(6(14)2-11)3-13(12-4)7(8,9)10/h3,6,14H,2,11H2,1H3. The van der Waals surface area contributed by atoms with Crippen molar-refractivity contribution in [1.82, 2.24) is 9.78 Å². The second-order valence-corrected chi connectivity index (χ2v) is 2.83. The number of hydrogen-bond acceptors (Lipinski definition) is 3. The van der Waals surface area contributed by atoms with Crippen molar-refractivity contribution in [3.63, 3.8) is 0 Å². The summed E-state index contributed by atoms with van der Waals surface area (Å²) in [5, 5.41) is 12.5. The molecule has 1 atom stereocenters. The first kappa shape index (κ1) is 11.0. The summed E-state index contributed by atoms with van der Waals surface area (Å²) >= 11 is 0. The monoisotopic (exact) mass is 209 g/mol. The Hall–Kier alpha value is -1.08. The molecule has 14 heavy (non-hydrogen) atoms. The first-order valence-electron chi connectivity index (χ1n) is 3.87. The summed E-state index contributed by atoms with van der Waals surface area (Å²) in [6.45, 7) is 1.25. The number of aliphatic hydroxyl groups is 1. The maximum Gasteiger partial charge on any atom is 0.504 e. The third kappa shape index (κ3) is 2.05. The Balaban J connectivity index is 3.05. The summed E-state index contributed by atoms with van der Waals surface area (Å²) in [5.41, 5.74) is 5.35. The van der Waals surface area contributed by atoms with Crippen molar-refractivity contribution in [3.05, 3.63) is 17.5 Å². The minimum Gasteiger partial charge on any atom is -0.387 e. The van der Waals surface area contributed by atoms with E-state index in [9.17, 15) is 18.3 Å². The van der Waals surface area contributed by atoms with Gasteiger partial charge in [-0.2, -0.15) is 9.78 Å². The highest BCUT2D eigenvalue weighted by atomic mass is 19.4. The van der Waals surface area contributed by atoms with Gasteiger partial charge in [-0.1, -0.05) is 0 Å². The number of hydrogen-bond donors (Lipinski definition) is 2. The van der Waals surface area contributed by atoms with Gasteiger partial charge in [-0.15, -0.1) is 13.2 Å². The lowest BCUT2D eigenvalue weighted by molar-refractivity contribution is -0.212. The molecule has 1 unspecified atom stereocenters. The first-order valence-corrected chi connectivity index (χ1v) is 3.87. The Morgan fingerprint density at radius 3 is 2.57 bits per heavy atom. The molecule has 7 heteroatoms. The largest absolute Gasteiger partial charge is 0.504 e. The molecule has 0 aliphatic heterocycles. The number of alkyl halides is 3. The van der Waals surface area contributed by atoms with Crippen LogP contribution in [0.3, 0.4) is 0 Å². The fourth-order valence-electron chi connectivity index (χ4n) is 1.06. The summed E-state index contributed by atoms with van der Waals surface area (Å²) in [6, 6.07) is 0. The SMILES string of the molecule is Cc1nn(C(F)(F)F)cc1C(O)CN. The zero-order valence-electron chi connectivity index (χ0n) is 7.41. The van der Waals surface area contributed by atoms with E-state index >= 15 is 0 Å². The number of nitrogens with zero attached hydrogens (tertiary/aromatic N) is 2. The molecule has 0 saturated heterocycles. The van der Waals surface area contributed by atoms with Gasteiger partial charge in [0.05, 0.1) is 11.8 Å². The van der Waals surface area contributed by atoms with Crippen LogP contribution in [0.1, 0.15) is 17.4 Å². The molecule has 0 saturated carbocycles. The molecule has 4 nitrogen and oxygen atoms in total. The summed E-state index contributed by atoms with van der Waals surface area (Å²) in [4.78, 5) is 0. The molecule has 1 rings (SSSR count). The molecule has 0 amide bonds. The predicted molar refractivity (Wildman–Crippen MR) is 42.3 cm³/mol. The molecular weight excluding hydrogens is 199 g/mol. The third-order valence-electron chi connectivity index (χ3n) is 1.78. The van der Waals surface area contributed by atoms with E-state index in [0.717, 1.165) is 6.20 Å². The van der Waals surface area contributed by atoms with Crippen molar-refractivity contribution >= 4 is 0 Å². The average molecular weight is 209 g/mol. The lowest BCUT2D eigenvalue weighted by Crippen LogP contribution is -2.17. The van der Waals surface area contributed by atoms with Gasteiger partial charge in [-0.25, -0.2) is 0 Å². The summed E-state index contributed by atoms with van der Waals surface area (Å²) in [6.07, 6.45) is -4.92. The van der Waals surface area contributed by atoms with E-state index in [2.05, 4.69) is 5.10 Å². The summed E-state index contributed by atoms with van der Waals surface area (Å²) in [5.74, 6) is 0. The number of aromatic nitrogens is 2. The van der Waals surface area contributed by atoms with Crippen molar-refractivity contribution in [2.45, 2.75) is 19.3 Å². The highest BCUT2D eigenvalue weighted by Gasteiger charge is 2.33. The number of halogens is 3. The van der Waals surface area contributed by atoms with E-state index in [4.69, 9.17) is 5.73 Å². The minimum atomic E-state index is -4.56. The Morgan fingerprint density at radius 2 is 2.21 bits per heavy atom. The molecule has 0 aromatic carbocycles. The van der Waals surface area contributed by atoms with Gasteiger partial charge in [0.15, 0.2) is 0 Å². The van der Waals surface area contributed by atoms with E-state index in [1.54, 1.807) is 0 Å². The zero-order chi connectivity index (χ0) is 10.9. The molecule has 3 N–H and O–H groups in total. The van der Waals surface area contributed by atoms with Crippen molar-refractivity contribution in [2.24, 2.45) is 5.73 Å². The predicted octanol–water partition coefficient (Wildman–Crippen LogP) is 0.660. The van der Waals surface area contributed by atoms with E-state index in [1.165, 1.54) is 6.92 Å². The molecule has 1 aromatic rings. The van der Waals surface area contributed by atoms with Crippen LogP contribution in [0.4, 0.5) is 13.2 Å². The highest BCUT2D eigenvalue weighted by Crippen LogP contribution is 2.24. The lowest BCUT2D eigenvalue weighted by atomic mass is 10.1. The molecule has 0 aliphatic rings. The first-order chi connectivity index (χ1) is 6.36. The Morgan fingerprint density at radius 1 is 1.64 bits per heavy atom. The number of nitrogens with two attached hydrogens (primary N) is 1. The van der Waals surface area contributed by atoms with E-state index in [0.29, 0.717) is 0 Å². The van der Waals surface area contributed by atoms with Crippen molar-refractivity contribution in [2.75, 3.05) is 6.54 Å². The van der Waals surface area contributed by atoms with Gasteiger partial charge in [-0.05, 0) is 6.92 Å². The summed E-state index contributed by atoms with van der Waals surface area (Å²) in [7, 11) is 0. The molecule has 80 valence electrons. The normalized spacial score (nSPS) is 14.4. The van der Waals surface area contributed by atoms with Crippen molar-refractivity contribution in [1.29, 1.82) is 0 Å². The molecular formula is C7H10F3N3O. The van der Waals surface area contributed by atoms with Gasteiger partial charge in [0.25, 0.3) is 0 Å². The van der Waals surface area contributed by atoms with Gasteiger partial charge in [0.2, 0.25) is 0 Å². The molecule has 0 bridgehead atoms. The van der Waals surface area contributed by atoms with Crippen LogP contribution in [-0.4, -0.2) is 21.4 Å². The molecule has 0 spiro atoms. The van der Waals surface area contributed by atoms with Crippen LogP contribution < -0.4 is 5.73 Å². The second kappa shape index (κ2) is 3.58. The molecule has 1 aromatic heterocycles. The van der Waals surface area contributed by atoms with Crippen LogP contribution in [0.2, 0.25) is 0 Å². The summed E-state index contributed by atoms with van der Waals surface area (Å²) < 4.78 is 36.3. The fraction of sp³-hybridized carbons (Fsp3) is 0.571. The Kier molecular flexibility index (Phi) is 2.81. The molecule has 0 aliphatic carbocycles. The molecule has 1 heterocycles. The number of rotatable bonds is 2. The highest BCUT2D eigenvalue weighted by molar-refractivity contribution is 5.18. The van der Waals surface area contributed by atoms with Crippen LogP contribution in [0.5, 0.6) is 0 Å². The number of aliphatic hydroxyl groups excluding tert-OH is 1. The Bertz CT molecular complexity index is 320. The quantitative estimate of drug-likeness (QED) is 0.752. The molecule has 0 fully saturated rings. The van der Waals surface area contributed by atoms with Gasteiger partial charge < -0.3 is 10.8 Å². The van der Waals surface area contributed by atoms with Crippen LogP contribution in [-0.2, 0) is 6.30 Å². The van der Waals surface area contributed by atoms with Gasteiger partial charge in [0.1, 0.15) is 0 Å². The van der Waals surface area contributed by atoms with Crippen molar-refractivity contribution < 1.29 is 18.3 Å². The van der Waals surface area contributed by atoms with Crippen LogP contribution in [0, 0.1) is 6.92 Å². The zero-order valence-corrected chi connectivity index (χ0v) is 7.41. The lowest BCUT2D eigenvalue weighted by Gasteiger charge is -2.05. The maximum absolute atomic E-state index is 12.1. The van der Waals surface area contributed by atoms with Gasteiger partial charge in [-0.3, -0.25) is 0 Å².